The van der Waals surface area contributed by atoms with Gasteiger partial charge in [-0.1, -0.05) is 6.07 Å². The molecule has 7 heteroatoms. The van der Waals surface area contributed by atoms with Gasteiger partial charge in [0.25, 0.3) is 5.56 Å². The number of hydrogen-bond acceptors (Lipinski definition) is 6. The second-order valence-electron chi connectivity index (χ2n) is 10.0. The van der Waals surface area contributed by atoms with Crippen LogP contribution in [-0.4, -0.2) is 86.2 Å². The van der Waals surface area contributed by atoms with Crippen LogP contribution >= 0.6 is 0 Å². The normalized spacial score (nSPS) is 35.2. The highest BCUT2D eigenvalue weighted by molar-refractivity contribution is 5.22. The molecule has 0 saturated carbocycles. The summed E-state index contributed by atoms with van der Waals surface area (Å²) in [6.07, 6.45) is 1.19. The van der Waals surface area contributed by atoms with Crippen molar-refractivity contribution in [1.29, 1.82) is 0 Å². The average Bonchev–Trinajstić information content (AvgIpc) is 3.21. The highest BCUT2D eigenvalue weighted by Gasteiger charge is 2.39. The second kappa shape index (κ2) is 8.02. The molecule has 7 nitrogen and oxygen atoms in total. The maximum absolute atomic E-state index is 13.4. The van der Waals surface area contributed by atoms with E-state index >= 15 is 0 Å². The molecule has 0 spiro atoms. The quantitative estimate of drug-likeness (QED) is 0.727. The Bertz CT molecular complexity index is 822. The van der Waals surface area contributed by atoms with Gasteiger partial charge in [-0.15, -0.1) is 0 Å². The maximum atomic E-state index is 13.4. The number of aromatic nitrogens is 1. The van der Waals surface area contributed by atoms with Gasteiger partial charge < -0.3 is 18.8 Å². The topological polar surface area (TPSA) is 56.2 Å². The van der Waals surface area contributed by atoms with E-state index < -0.39 is 0 Å². The number of fused-ring (bicyclic) bond motifs is 5. The monoisotopic (exact) mass is 415 g/mol. The Kier molecular flexibility index (Phi) is 5.20. The summed E-state index contributed by atoms with van der Waals surface area (Å²) in [4.78, 5) is 18.4. The van der Waals surface area contributed by atoms with Gasteiger partial charge in [-0.2, -0.15) is 0 Å². The van der Waals surface area contributed by atoms with Crippen molar-refractivity contribution in [2.45, 2.75) is 31.5 Å². The zero-order valence-corrected chi connectivity index (χ0v) is 17.7. The van der Waals surface area contributed by atoms with Crippen LogP contribution in [0.15, 0.2) is 16.9 Å². The van der Waals surface area contributed by atoms with Gasteiger partial charge in [0.2, 0.25) is 0 Å². The van der Waals surface area contributed by atoms with Crippen molar-refractivity contribution in [2.24, 2.45) is 17.8 Å². The van der Waals surface area contributed by atoms with Crippen LogP contribution in [0.25, 0.3) is 0 Å². The van der Waals surface area contributed by atoms with Crippen LogP contribution in [0.2, 0.25) is 0 Å². The Morgan fingerprint density at radius 2 is 1.63 bits per heavy atom. The number of rotatable bonds is 3. The zero-order valence-electron chi connectivity index (χ0n) is 17.7. The molecule has 5 aliphatic rings. The van der Waals surface area contributed by atoms with Gasteiger partial charge in [0, 0.05) is 68.3 Å². The molecule has 6 rings (SSSR count). The molecule has 164 valence electrons. The molecule has 4 atom stereocenters. The molecule has 0 radical (unpaired) electrons. The van der Waals surface area contributed by atoms with Crippen LogP contribution in [0.3, 0.4) is 0 Å². The van der Waals surface area contributed by atoms with Crippen LogP contribution < -0.4 is 5.56 Å². The predicted molar refractivity (Wildman–Crippen MR) is 112 cm³/mol. The highest BCUT2D eigenvalue weighted by atomic mass is 16.5. The summed E-state index contributed by atoms with van der Waals surface area (Å²) in [7, 11) is 0. The van der Waals surface area contributed by atoms with Gasteiger partial charge in [-0.05, 0) is 18.4 Å². The molecule has 2 bridgehead atoms. The van der Waals surface area contributed by atoms with E-state index in [0.29, 0.717) is 42.9 Å². The Hall–Kier alpha value is -1.25. The Morgan fingerprint density at radius 1 is 0.867 bits per heavy atom. The van der Waals surface area contributed by atoms with Gasteiger partial charge >= 0.3 is 0 Å². The molecular formula is C23H33N3O4. The smallest absolute Gasteiger partial charge is 0.255 e. The predicted octanol–water partition coefficient (Wildman–Crippen LogP) is 0.761. The molecule has 30 heavy (non-hydrogen) atoms. The summed E-state index contributed by atoms with van der Waals surface area (Å²) < 4.78 is 19.2. The minimum Gasteiger partial charge on any atom is -0.381 e. The Balaban J connectivity index is 1.19. The molecule has 0 aliphatic carbocycles. The van der Waals surface area contributed by atoms with Crippen molar-refractivity contribution >= 4 is 0 Å². The van der Waals surface area contributed by atoms with Crippen LogP contribution in [0.4, 0.5) is 0 Å². The third-order valence-corrected chi connectivity index (χ3v) is 7.93. The van der Waals surface area contributed by atoms with Crippen LogP contribution in [0, 0.1) is 17.8 Å². The number of ether oxygens (including phenoxy) is 3. The van der Waals surface area contributed by atoms with Crippen molar-refractivity contribution in [3.63, 3.8) is 0 Å². The van der Waals surface area contributed by atoms with E-state index in [2.05, 4.69) is 26.5 Å². The van der Waals surface area contributed by atoms with Gasteiger partial charge in [-0.25, -0.2) is 0 Å². The molecule has 5 aliphatic heterocycles. The molecular weight excluding hydrogens is 382 g/mol. The van der Waals surface area contributed by atoms with E-state index in [0.717, 1.165) is 71.3 Å². The van der Waals surface area contributed by atoms with Crippen LogP contribution in [0.1, 0.15) is 23.6 Å². The fraction of sp³-hybridized carbons (Fsp3) is 0.783. The number of pyridine rings is 1. The van der Waals surface area contributed by atoms with Crippen molar-refractivity contribution in [1.82, 2.24) is 14.4 Å². The summed E-state index contributed by atoms with van der Waals surface area (Å²) in [5.74, 6) is 2.29. The average molecular weight is 416 g/mol. The van der Waals surface area contributed by atoms with E-state index in [-0.39, 0.29) is 5.56 Å². The lowest BCUT2D eigenvalue weighted by Crippen LogP contribution is -2.53. The minimum absolute atomic E-state index is 0.241. The first-order chi connectivity index (χ1) is 14.7. The van der Waals surface area contributed by atoms with E-state index in [1.807, 2.05) is 0 Å². The van der Waals surface area contributed by atoms with Gasteiger partial charge in [0.15, 0.2) is 0 Å². The summed E-state index contributed by atoms with van der Waals surface area (Å²) in [6, 6.07) is 4.69. The summed E-state index contributed by atoms with van der Waals surface area (Å²) >= 11 is 0. The highest BCUT2D eigenvalue weighted by Crippen LogP contribution is 2.36. The molecule has 4 saturated heterocycles. The third kappa shape index (κ3) is 3.54. The largest absolute Gasteiger partial charge is 0.381 e. The standard InChI is InChI=1S/C23H33N3O4/c27-23-17(8-24-9-19-12-30-13-20(19)10-24)1-2-22-18-5-16(7-26(22)23)6-25(11-18)21-14-28-3-4-29-15-21/h1-2,16,18-21H,3-15H2/t16-,18+,19-,20+/m0/s1. The first-order valence-electron chi connectivity index (χ1n) is 11.7. The SMILES string of the molecule is O=c1c(CN2C[C@H]3COC[C@H]3C2)ccc2n1C[C@H]1C[C@@H]2CN(C2COCCOC2)C1. The molecule has 6 heterocycles. The summed E-state index contributed by atoms with van der Waals surface area (Å²) in [6.45, 7) is 10.5. The van der Waals surface area contributed by atoms with Crippen molar-refractivity contribution < 1.29 is 14.2 Å². The van der Waals surface area contributed by atoms with Gasteiger partial charge in [0.1, 0.15) is 0 Å². The molecule has 0 N–H and O–H groups in total. The summed E-state index contributed by atoms with van der Waals surface area (Å²) in [5.41, 5.74) is 2.43. The number of hydrogen-bond donors (Lipinski definition) is 0. The number of piperidine rings is 1. The molecule has 4 fully saturated rings. The maximum Gasteiger partial charge on any atom is 0.255 e. The number of nitrogens with zero attached hydrogens (tertiary/aromatic N) is 3. The molecule has 0 aromatic carbocycles. The van der Waals surface area contributed by atoms with E-state index in [1.54, 1.807) is 0 Å². The molecule has 0 unspecified atom stereocenters. The van der Waals surface area contributed by atoms with Crippen LogP contribution in [-0.2, 0) is 27.3 Å². The van der Waals surface area contributed by atoms with Crippen molar-refractivity contribution in [3.8, 4) is 0 Å². The lowest BCUT2D eigenvalue weighted by atomic mass is 9.82. The van der Waals surface area contributed by atoms with Gasteiger partial charge in [0.05, 0.1) is 45.7 Å². The summed E-state index contributed by atoms with van der Waals surface area (Å²) in [5, 5.41) is 0. The van der Waals surface area contributed by atoms with Crippen LogP contribution in [0.5, 0.6) is 0 Å². The molecule has 0 amide bonds. The lowest BCUT2D eigenvalue weighted by molar-refractivity contribution is 0.0233. The Morgan fingerprint density at radius 3 is 2.40 bits per heavy atom. The van der Waals surface area contributed by atoms with Crippen molar-refractivity contribution in [2.75, 3.05) is 65.8 Å². The fourth-order valence-corrected chi connectivity index (χ4v) is 6.42. The second-order valence-corrected chi connectivity index (χ2v) is 10.0. The lowest BCUT2D eigenvalue weighted by Gasteiger charge is -2.45. The van der Waals surface area contributed by atoms with E-state index in [1.165, 1.54) is 12.1 Å². The van der Waals surface area contributed by atoms with E-state index in [4.69, 9.17) is 14.2 Å². The fourth-order valence-electron chi connectivity index (χ4n) is 6.42. The third-order valence-electron chi connectivity index (χ3n) is 7.93. The van der Waals surface area contributed by atoms with E-state index in [9.17, 15) is 4.79 Å². The molecule has 1 aromatic heterocycles. The van der Waals surface area contributed by atoms with Gasteiger partial charge in [-0.3, -0.25) is 14.6 Å². The zero-order chi connectivity index (χ0) is 20.1. The molecule has 1 aromatic rings. The Labute approximate surface area is 177 Å². The minimum atomic E-state index is 0.241. The first-order valence-corrected chi connectivity index (χ1v) is 11.7. The first kappa shape index (κ1) is 19.4. The van der Waals surface area contributed by atoms with Crippen molar-refractivity contribution in [3.05, 3.63) is 33.7 Å². The number of likely N-dealkylation sites (tertiary alicyclic amines) is 2.